The van der Waals surface area contributed by atoms with Crippen molar-refractivity contribution in [3.63, 3.8) is 0 Å². The Morgan fingerprint density at radius 1 is 1.50 bits per heavy atom. The Kier molecular flexibility index (Phi) is 2.71. The topological polar surface area (TPSA) is 60.2 Å². The molecule has 0 radical (unpaired) electrons. The molecule has 0 bridgehead atoms. The van der Waals surface area contributed by atoms with Crippen LogP contribution in [0.4, 0.5) is 0 Å². The van der Waals surface area contributed by atoms with Crippen molar-refractivity contribution >= 4 is 16.9 Å². The number of amides is 1. The third-order valence-electron chi connectivity index (χ3n) is 3.04. The van der Waals surface area contributed by atoms with Crippen LogP contribution >= 0.6 is 0 Å². The molecule has 18 heavy (non-hydrogen) atoms. The fourth-order valence-electron chi connectivity index (χ4n) is 2.09. The van der Waals surface area contributed by atoms with Gasteiger partial charge in [0, 0.05) is 12.1 Å². The molecule has 0 unspecified atom stereocenters. The molecule has 2 aromatic rings. The van der Waals surface area contributed by atoms with Gasteiger partial charge in [0.05, 0.1) is 18.7 Å². The highest BCUT2D eigenvalue weighted by atomic mass is 16.7. The van der Waals surface area contributed by atoms with Crippen LogP contribution in [0.2, 0.25) is 0 Å². The minimum Gasteiger partial charge on any atom is -0.271 e. The van der Waals surface area contributed by atoms with E-state index in [9.17, 15) is 4.79 Å². The van der Waals surface area contributed by atoms with Crippen molar-refractivity contribution in [1.29, 1.82) is 0 Å². The fourth-order valence-corrected chi connectivity index (χ4v) is 2.09. The van der Waals surface area contributed by atoms with E-state index in [2.05, 4.69) is 10.3 Å². The molecule has 0 spiro atoms. The quantitative estimate of drug-likeness (QED) is 0.799. The predicted octanol–water partition coefficient (Wildman–Crippen LogP) is 1.23. The Labute approximate surface area is 104 Å². The van der Waals surface area contributed by atoms with Crippen molar-refractivity contribution in [2.75, 3.05) is 13.2 Å². The molecule has 1 aliphatic heterocycles. The van der Waals surface area contributed by atoms with E-state index in [1.165, 1.54) is 5.06 Å². The smallest absolute Gasteiger partial charge is 0.271 e. The Bertz CT molecular complexity index is 587. The van der Waals surface area contributed by atoms with Crippen molar-refractivity contribution in [3.05, 3.63) is 23.8 Å². The van der Waals surface area contributed by atoms with E-state index >= 15 is 0 Å². The lowest BCUT2D eigenvalue weighted by Crippen LogP contribution is -2.26. The van der Waals surface area contributed by atoms with Crippen molar-refractivity contribution < 1.29 is 9.63 Å². The summed E-state index contributed by atoms with van der Waals surface area (Å²) in [5, 5.41) is 9.49. The van der Waals surface area contributed by atoms with Crippen molar-refractivity contribution in [2.45, 2.75) is 19.9 Å². The number of hydroxylamine groups is 2. The average Bonchev–Trinajstić information content (AvgIpc) is 3.06. The highest BCUT2D eigenvalue weighted by Gasteiger charge is 2.21. The van der Waals surface area contributed by atoms with Gasteiger partial charge in [0.25, 0.3) is 5.91 Å². The van der Waals surface area contributed by atoms with Crippen LogP contribution in [-0.2, 0) is 11.4 Å². The van der Waals surface area contributed by atoms with Crippen LogP contribution in [0.15, 0.2) is 18.2 Å². The minimum atomic E-state index is -0.111. The summed E-state index contributed by atoms with van der Waals surface area (Å²) in [5.41, 5.74) is 2.27. The van der Waals surface area contributed by atoms with Crippen molar-refractivity contribution in [3.8, 4) is 0 Å². The molecule has 94 valence electrons. The zero-order valence-corrected chi connectivity index (χ0v) is 10.2. The molecule has 2 heterocycles. The van der Waals surface area contributed by atoms with E-state index < -0.39 is 0 Å². The highest BCUT2D eigenvalue weighted by Crippen LogP contribution is 2.16. The molecular formula is C12H14N4O2. The first kappa shape index (κ1) is 11.2. The van der Waals surface area contributed by atoms with Gasteiger partial charge in [-0.15, -0.1) is 5.10 Å². The summed E-state index contributed by atoms with van der Waals surface area (Å²) >= 11 is 0. The minimum absolute atomic E-state index is 0.111. The third kappa shape index (κ3) is 1.74. The number of fused-ring (bicyclic) bond motifs is 1. The van der Waals surface area contributed by atoms with Gasteiger partial charge < -0.3 is 0 Å². The molecule has 0 N–H and O–H groups in total. The maximum atomic E-state index is 12.1. The van der Waals surface area contributed by atoms with Gasteiger partial charge in [-0.1, -0.05) is 5.21 Å². The largest absolute Gasteiger partial charge is 0.277 e. The van der Waals surface area contributed by atoms with E-state index in [1.807, 2.05) is 13.0 Å². The Morgan fingerprint density at radius 2 is 2.39 bits per heavy atom. The summed E-state index contributed by atoms with van der Waals surface area (Å²) in [5.74, 6) is -0.111. The van der Waals surface area contributed by atoms with Gasteiger partial charge in [0.15, 0.2) is 0 Å². The Balaban J connectivity index is 1.95. The SMILES string of the molecule is CCn1nnc2cc(C(=O)N3CCCO3)ccc21. The fraction of sp³-hybridized carbons (Fsp3) is 0.417. The molecule has 0 aliphatic carbocycles. The third-order valence-corrected chi connectivity index (χ3v) is 3.04. The van der Waals surface area contributed by atoms with E-state index in [0.29, 0.717) is 18.7 Å². The number of hydrogen-bond acceptors (Lipinski definition) is 4. The average molecular weight is 246 g/mol. The van der Waals surface area contributed by atoms with E-state index in [0.717, 1.165) is 24.0 Å². The maximum Gasteiger partial charge on any atom is 0.277 e. The first-order valence-corrected chi connectivity index (χ1v) is 6.07. The van der Waals surface area contributed by atoms with Gasteiger partial charge in [-0.3, -0.25) is 9.63 Å². The number of carbonyl (C=O) groups excluding carboxylic acids is 1. The number of nitrogens with zero attached hydrogens (tertiary/aromatic N) is 4. The maximum absolute atomic E-state index is 12.1. The Morgan fingerprint density at radius 3 is 3.11 bits per heavy atom. The van der Waals surface area contributed by atoms with Crippen LogP contribution in [-0.4, -0.2) is 39.1 Å². The van der Waals surface area contributed by atoms with Gasteiger partial charge in [0.2, 0.25) is 0 Å². The molecule has 0 atom stereocenters. The van der Waals surface area contributed by atoms with Crippen LogP contribution in [0.1, 0.15) is 23.7 Å². The zero-order valence-electron chi connectivity index (χ0n) is 10.2. The standard InChI is InChI=1S/C12H14N4O2/c1-2-15-11-5-4-9(8-10(11)13-14-15)12(17)16-6-3-7-18-16/h4-5,8H,2-3,6-7H2,1H3. The molecule has 0 saturated carbocycles. The summed E-state index contributed by atoms with van der Waals surface area (Å²) in [6, 6.07) is 5.43. The number of benzene rings is 1. The molecule has 3 rings (SSSR count). The zero-order chi connectivity index (χ0) is 12.5. The summed E-state index contributed by atoms with van der Waals surface area (Å²) in [7, 11) is 0. The second-order valence-corrected chi connectivity index (χ2v) is 4.20. The first-order chi connectivity index (χ1) is 8.79. The number of rotatable bonds is 2. The lowest BCUT2D eigenvalue weighted by Gasteiger charge is -2.13. The van der Waals surface area contributed by atoms with Gasteiger partial charge in [-0.25, -0.2) is 9.75 Å². The Hall–Kier alpha value is -1.95. The highest BCUT2D eigenvalue weighted by molar-refractivity contribution is 5.96. The number of aryl methyl sites for hydroxylation is 1. The molecule has 1 fully saturated rings. The monoisotopic (exact) mass is 246 g/mol. The molecule has 1 aromatic heterocycles. The van der Waals surface area contributed by atoms with Crippen LogP contribution in [0.3, 0.4) is 0 Å². The molecule has 1 amide bonds. The molecule has 6 nitrogen and oxygen atoms in total. The van der Waals surface area contributed by atoms with Crippen LogP contribution in [0.5, 0.6) is 0 Å². The number of aromatic nitrogens is 3. The predicted molar refractivity (Wildman–Crippen MR) is 64.8 cm³/mol. The van der Waals surface area contributed by atoms with Gasteiger partial charge in [0.1, 0.15) is 5.52 Å². The van der Waals surface area contributed by atoms with Crippen molar-refractivity contribution in [1.82, 2.24) is 20.1 Å². The molecular weight excluding hydrogens is 232 g/mol. The second kappa shape index (κ2) is 4.38. The van der Waals surface area contributed by atoms with Crippen molar-refractivity contribution in [2.24, 2.45) is 0 Å². The lowest BCUT2D eigenvalue weighted by molar-refractivity contribution is -0.0768. The van der Waals surface area contributed by atoms with Gasteiger partial charge >= 0.3 is 0 Å². The number of hydrogen-bond donors (Lipinski definition) is 0. The number of carbonyl (C=O) groups is 1. The van der Waals surface area contributed by atoms with Crippen LogP contribution < -0.4 is 0 Å². The van der Waals surface area contributed by atoms with Crippen LogP contribution in [0, 0.1) is 0 Å². The first-order valence-electron chi connectivity index (χ1n) is 6.07. The van der Waals surface area contributed by atoms with Gasteiger partial charge in [-0.05, 0) is 31.5 Å². The summed E-state index contributed by atoms with van der Waals surface area (Å²) in [6.07, 6.45) is 0.889. The molecule has 1 saturated heterocycles. The summed E-state index contributed by atoms with van der Waals surface area (Å²) < 4.78 is 1.80. The van der Waals surface area contributed by atoms with Gasteiger partial charge in [-0.2, -0.15) is 0 Å². The van der Waals surface area contributed by atoms with E-state index in [1.54, 1.807) is 16.8 Å². The lowest BCUT2D eigenvalue weighted by atomic mass is 10.2. The molecule has 6 heteroatoms. The second-order valence-electron chi connectivity index (χ2n) is 4.20. The summed E-state index contributed by atoms with van der Waals surface area (Å²) in [4.78, 5) is 17.4. The summed E-state index contributed by atoms with van der Waals surface area (Å²) in [6.45, 7) is 4.03. The molecule has 1 aliphatic rings. The van der Waals surface area contributed by atoms with E-state index in [-0.39, 0.29) is 5.91 Å². The molecule has 1 aromatic carbocycles. The van der Waals surface area contributed by atoms with E-state index in [4.69, 9.17) is 4.84 Å². The van der Waals surface area contributed by atoms with Crippen LogP contribution in [0.25, 0.3) is 11.0 Å². The normalized spacial score (nSPS) is 15.5.